The van der Waals surface area contributed by atoms with E-state index in [9.17, 15) is 9.59 Å². The summed E-state index contributed by atoms with van der Waals surface area (Å²) >= 11 is 0. The number of fused-ring (bicyclic) bond motifs is 1. The van der Waals surface area contributed by atoms with Crippen molar-refractivity contribution in [2.45, 2.75) is 13.5 Å². The Morgan fingerprint density at radius 3 is 2.70 bits per heavy atom. The minimum atomic E-state index is -0.568. The zero-order chi connectivity index (χ0) is 18.8. The molecule has 0 unspecified atom stereocenters. The average molecular weight is 363 g/mol. The summed E-state index contributed by atoms with van der Waals surface area (Å²) in [6.45, 7) is 2.47. The molecule has 0 radical (unpaired) electrons. The molecule has 7 heteroatoms. The first kappa shape index (κ1) is 16.8. The molecule has 4 rings (SSSR count). The molecule has 2 heterocycles. The number of nitrogens with one attached hydrogen (secondary N) is 2. The molecule has 0 atom stereocenters. The van der Waals surface area contributed by atoms with Gasteiger partial charge < -0.3 is 19.8 Å². The standard InChI is InChI=1S/C20H17N3O4/c1-12-2-5-14(6-3-12)15-9-16(23-20(25)22-15)19(24)21-10-13-4-7-17-18(8-13)27-11-26-17/h2-9H,10-11H2,1H3,(H,21,24)(H,22,23,25). The molecule has 0 spiro atoms. The van der Waals surface area contributed by atoms with E-state index in [1.165, 1.54) is 0 Å². The Kier molecular flexibility index (Phi) is 4.33. The fourth-order valence-corrected chi connectivity index (χ4v) is 2.78. The number of hydrogen-bond donors (Lipinski definition) is 2. The van der Waals surface area contributed by atoms with Gasteiger partial charge in [0.2, 0.25) is 6.79 Å². The average Bonchev–Trinajstić information content (AvgIpc) is 3.14. The highest BCUT2D eigenvalue weighted by molar-refractivity contribution is 5.93. The van der Waals surface area contributed by atoms with Crippen LogP contribution >= 0.6 is 0 Å². The third kappa shape index (κ3) is 3.67. The number of aromatic nitrogens is 2. The van der Waals surface area contributed by atoms with E-state index in [1.807, 2.05) is 43.3 Å². The highest BCUT2D eigenvalue weighted by Crippen LogP contribution is 2.32. The van der Waals surface area contributed by atoms with E-state index in [0.29, 0.717) is 23.7 Å². The monoisotopic (exact) mass is 363 g/mol. The molecule has 136 valence electrons. The summed E-state index contributed by atoms with van der Waals surface area (Å²) in [7, 11) is 0. The van der Waals surface area contributed by atoms with E-state index in [-0.39, 0.29) is 18.4 Å². The number of aromatic amines is 1. The molecule has 1 amide bonds. The Labute approximate surface area is 155 Å². The van der Waals surface area contributed by atoms with Crippen LogP contribution in [0.1, 0.15) is 21.6 Å². The van der Waals surface area contributed by atoms with Gasteiger partial charge >= 0.3 is 5.69 Å². The van der Waals surface area contributed by atoms with Crippen LogP contribution in [0.4, 0.5) is 0 Å². The Bertz CT molecular complexity index is 1060. The van der Waals surface area contributed by atoms with E-state index >= 15 is 0 Å². The van der Waals surface area contributed by atoms with Crippen LogP contribution in [0.5, 0.6) is 11.5 Å². The van der Waals surface area contributed by atoms with Crippen molar-refractivity contribution in [3.8, 4) is 22.8 Å². The number of benzene rings is 2. The van der Waals surface area contributed by atoms with Gasteiger partial charge in [-0.05, 0) is 30.7 Å². The van der Waals surface area contributed by atoms with Gasteiger partial charge in [0, 0.05) is 12.1 Å². The summed E-state index contributed by atoms with van der Waals surface area (Å²) < 4.78 is 10.6. The van der Waals surface area contributed by atoms with E-state index in [0.717, 1.165) is 16.7 Å². The number of H-pyrrole nitrogens is 1. The second-order valence-corrected chi connectivity index (χ2v) is 6.22. The zero-order valence-corrected chi connectivity index (χ0v) is 14.6. The lowest BCUT2D eigenvalue weighted by Gasteiger charge is -2.07. The minimum Gasteiger partial charge on any atom is -0.454 e. The molecule has 1 aliphatic rings. The number of carbonyl (C=O) groups excluding carboxylic acids is 1. The topological polar surface area (TPSA) is 93.3 Å². The number of nitrogens with zero attached hydrogens (tertiary/aromatic N) is 1. The minimum absolute atomic E-state index is 0.159. The van der Waals surface area contributed by atoms with Crippen molar-refractivity contribution in [2.24, 2.45) is 0 Å². The van der Waals surface area contributed by atoms with E-state index in [4.69, 9.17) is 9.47 Å². The van der Waals surface area contributed by atoms with Gasteiger partial charge in [0.1, 0.15) is 5.69 Å². The van der Waals surface area contributed by atoms with Gasteiger partial charge in [0.15, 0.2) is 11.5 Å². The van der Waals surface area contributed by atoms with Crippen LogP contribution in [-0.2, 0) is 6.54 Å². The highest BCUT2D eigenvalue weighted by atomic mass is 16.7. The Hall–Kier alpha value is -3.61. The van der Waals surface area contributed by atoms with Crippen molar-refractivity contribution in [2.75, 3.05) is 6.79 Å². The first-order valence-corrected chi connectivity index (χ1v) is 8.43. The highest BCUT2D eigenvalue weighted by Gasteiger charge is 2.14. The summed E-state index contributed by atoms with van der Waals surface area (Å²) in [6.07, 6.45) is 0. The number of amides is 1. The molecule has 27 heavy (non-hydrogen) atoms. The third-order valence-electron chi connectivity index (χ3n) is 4.23. The van der Waals surface area contributed by atoms with Crippen molar-refractivity contribution in [3.05, 3.63) is 75.8 Å². The predicted octanol–water partition coefficient (Wildman–Crippen LogP) is 2.40. The van der Waals surface area contributed by atoms with E-state index < -0.39 is 5.69 Å². The van der Waals surface area contributed by atoms with Crippen LogP contribution in [0.2, 0.25) is 0 Å². The van der Waals surface area contributed by atoms with Crippen LogP contribution < -0.4 is 20.5 Å². The lowest BCUT2D eigenvalue weighted by atomic mass is 10.1. The second kappa shape index (κ2) is 6.95. The lowest BCUT2D eigenvalue weighted by Crippen LogP contribution is -2.27. The van der Waals surface area contributed by atoms with Gasteiger partial charge in [-0.3, -0.25) is 4.79 Å². The maximum atomic E-state index is 12.5. The molecule has 1 aliphatic heterocycles. The normalized spacial score (nSPS) is 12.0. The molecule has 3 aromatic rings. The number of hydrogen-bond acceptors (Lipinski definition) is 5. The third-order valence-corrected chi connectivity index (χ3v) is 4.23. The van der Waals surface area contributed by atoms with Crippen molar-refractivity contribution < 1.29 is 14.3 Å². The summed E-state index contributed by atoms with van der Waals surface area (Å²) in [5.41, 5.74) is 2.78. The quantitative estimate of drug-likeness (QED) is 0.742. The molecule has 7 nitrogen and oxygen atoms in total. The number of ether oxygens (including phenoxy) is 2. The number of carbonyl (C=O) groups is 1. The molecule has 2 N–H and O–H groups in total. The Balaban J connectivity index is 1.51. The summed E-state index contributed by atoms with van der Waals surface area (Å²) in [5.74, 6) is 0.951. The lowest BCUT2D eigenvalue weighted by molar-refractivity contribution is 0.0945. The summed E-state index contributed by atoms with van der Waals surface area (Å²) in [6, 6.07) is 14.6. The second-order valence-electron chi connectivity index (χ2n) is 6.22. The molecule has 2 aromatic carbocycles. The van der Waals surface area contributed by atoms with E-state index in [1.54, 1.807) is 12.1 Å². The largest absolute Gasteiger partial charge is 0.454 e. The molecule has 1 aromatic heterocycles. The number of rotatable bonds is 4. The Morgan fingerprint density at radius 2 is 1.89 bits per heavy atom. The maximum Gasteiger partial charge on any atom is 0.346 e. The smallest absolute Gasteiger partial charge is 0.346 e. The molecular weight excluding hydrogens is 346 g/mol. The fraction of sp³-hybridized carbons (Fsp3) is 0.150. The first-order valence-electron chi connectivity index (χ1n) is 8.43. The molecule has 0 saturated heterocycles. The van der Waals surface area contributed by atoms with Crippen LogP contribution in [0.25, 0.3) is 11.3 Å². The van der Waals surface area contributed by atoms with Crippen molar-refractivity contribution >= 4 is 5.91 Å². The van der Waals surface area contributed by atoms with Gasteiger partial charge in [0.05, 0.1) is 5.69 Å². The first-order chi connectivity index (χ1) is 13.1. The van der Waals surface area contributed by atoms with Crippen LogP contribution in [0.15, 0.2) is 53.3 Å². The van der Waals surface area contributed by atoms with E-state index in [2.05, 4.69) is 15.3 Å². The van der Waals surface area contributed by atoms with Gasteiger partial charge in [-0.15, -0.1) is 0 Å². The molecule has 0 saturated carbocycles. The van der Waals surface area contributed by atoms with Crippen molar-refractivity contribution in [1.82, 2.24) is 15.3 Å². The van der Waals surface area contributed by atoms with Gasteiger partial charge in [-0.1, -0.05) is 35.9 Å². The summed E-state index contributed by atoms with van der Waals surface area (Å²) in [4.78, 5) is 30.8. The molecule has 0 bridgehead atoms. The van der Waals surface area contributed by atoms with Gasteiger partial charge in [-0.25, -0.2) is 4.79 Å². The van der Waals surface area contributed by atoms with Gasteiger partial charge in [0.25, 0.3) is 5.91 Å². The van der Waals surface area contributed by atoms with Crippen molar-refractivity contribution in [3.63, 3.8) is 0 Å². The maximum absolute atomic E-state index is 12.5. The molecule has 0 aliphatic carbocycles. The predicted molar refractivity (Wildman–Crippen MR) is 98.8 cm³/mol. The molecular formula is C20H17N3O4. The number of aryl methyl sites for hydroxylation is 1. The molecule has 0 fully saturated rings. The zero-order valence-electron chi connectivity index (χ0n) is 14.6. The fourth-order valence-electron chi connectivity index (χ4n) is 2.78. The summed E-state index contributed by atoms with van der Waals surface area (Å²) in [5, 5.41) is 2.79. The Morgan fingerprint density at radius 1 is 1.11 bits per heavy atom. The van der Waals surface area contributed by atoms with Gasteiger partial charge in [-0.2, -0.15) is 4.98 Å². The SMILES string of the molecule is Cc1ccc(-c2cc(C(=O)NCc3ccc4c(c3)OCO4)[nH]c(=O)n2)cc1. The van der Waals surface area contributed by atoms with Crippen LogP contribution in [0, 0.1) is 6.92 Å². The van der Waals surface area contributed by atoms with Crippen LogP contribution in [0.3, 0.4) is 0 Å². The van der Waals surface area contributed by atoms with Crippen LogP contribution in [-0.4, -0.2) is 22.7 Å². The van der Waals surface area contributed by atoms with Crippen molar-refractivity contribution in [1.29, 1.82) is 0 Å².